The van der Waals surface area contributed by atoms with Gasteiger partial charge >= 0.3 is 0 Å². The fraction of sp³-hybridized carbons (Fsp3) is 0. The Labute approximate surface area is 373 Å². The maximum absolute atomic E-state index is 2.43. The van der Waals surface area contributed by atoms with Gasteiger partial charge in [-0.1, -0.05) is 194 Å². The monoisotopic (exact) mass is 814 g/mol. The maximum Gasteiger partial charge on any atom is 0.0541 e. The van der Waals surface area contributed by atoms with E-state index in [4.69, 9.17) is 0 Å². The van der Waals surface area contributed by atoms with Crippen molar-refractivity contribution in [1.29, 1.82) is 0 Å². The van der Waals surface area contributed by atoms with Gasteiger partial charge in [0.05, 0.1) is 16.7 Å². The van der Waals surface area contributed by atoms with Crippen molar-refractivity contribution in [2.75, 3.05) is 4.90 Å². The summed E-state index contributed by atoms with van der Waals surface area (Å²) in [7, 11) is 0. The summed E-state index contributed by atoms with van der Waals surface area (Å²) in [5.74, 6) is 0. The van der Waals surface area contributed by atoms with Crippen LogP contribution in [0.4, 0.5) is 17.1 Å². The van der Waals surface area contributed by atoms with Crippen LogP contribution < -0.4 is 4.90 Å². The molecule has 0 spiro atoms. The van der Waals surface area contributed by atoms with Gasteiger partial charge in [0.2, 0.25) is 0 Å². The van der Waals surface area contributed by atoms with Gasteiger partial charge in [-0.05, 0) is 121 Å². The molecule has 0 unspecified atom stereocenters. The van der Waals surface area contributed by atoms with Crippen molar-refractivity contribution < 1.29 is 0 Å². The third kappa shape index (κ3) is 6.52. The third-order valence-electron chi connectivity index (χ3n) is 12.8. The summed E-state index contributed by atoms with van der Waals surface area (Å²) in [4.78, 5) is 2.40. The van der Waals surface area contributed by atoms with Crippen molar-refractivity contribution in [2.24, 2.45) is 0 Å². The third-order valence-corrected chi connectivity index (χ3v) is 12.8. The first-order chi connectivity index (χ1) is 31.7. The van der Waals surface area contributed by atoms with Crippen molar-refractivity contribution in [3.63, 3.8) is 0 Å². The molecule has 0 saturated heterocycles. The van der Waals surface area contributed by atoms with Crippen LogP contribution in [0, 0.1) is 0 Å². The minimum atomic E-state index is 1.08. The van der Waals surface area contributed by atoms with E-state index in [1.807, 2.05) is 0 Å². The minimum Gasteiger partial charge on any atom is -0.310 e. The highest BCUT2D eigenvalue weighted by Gasteiger charge is 2.21. The first-order valence-electron chi connectivity index (χ1n) is 22.0. The van der Waals surface area contributed by atoms with Crippen LogP contribution in [0.15, 0.2) is 255 Å². The fourth-order valence-corrected chi connectivity index (χ4v) is 9.75. The summed E-state index contributed by atoms with van der Waals surface area (Å²) >= 11 is 0. The number of hydrogen-bond acceptors (Lipinski definition) is 1. The summed E-state index contributed by atoms with van der Waals surface area (Å²) in [6.07, 6.45) is 0. The average Bonchev–Trinajstić information content (AvgIpc) is 3.71. The lowest BCUT2D eigenvalue weighted by molar-refractivity contribution is 1.18. The van der Waals surface area contributed by atoms with Gasteiger partial charge in [-0.15, -0.1) is 0 Å². The smallest absolute Gasteiger partial charge is 0.0541 e. The molecule has 12 aromatic rings. The summed E-state index contributed by atoms with van der Waals surface area (Å²) in [6, 6.07) is 92.8. The van der Waals surface area contributed by atoms with Gasteiger partial charge in [-0.3, -0.25) is 0 Å². The largest absolute Gasteiger partial charge is 0.310 e. The Bertz CT molecular complexity index is 3610. The zero-order valence-electron chi connectivity index (χ0n) is 35.1. The Balaban J connectivity index is 1.01. The zero-order valence-corrected chi connectivity index (χ0v) is 35.1. The van der Waals surface area contributed by atoms with Crippen molar-refractivity contribution >= 4 is 60.4 Å². The van der Waals surface area contributed by atoms with Crippen LogP contribution in [-0.2, 0) is 0 Å². The molecular formula is C62H42N2. The molecule has 0 atom stereocenters. The molecule has 0 radical (unpaired) electrons. The van der Waals surface area contributed by atoms with Gasteiger partial charge in [0, 0.05) is 33.4 Å². The van der Waals surface area contributed by atoms with E-state index in [0.717, 1.165) is 28.3 Å². The molecule has 1 heterocycles. The number of para-hydroxylation sites is 3. The Morgan fingerprint density at radius 1 is 0.250 bits per heavy atom. The maximum atomic E-state index is 2.43. The second-order valence-electron chi connectivity index (χ2n) is 16.5. The number of hydrogen-bond donors (Lipinski definition) is 0. The molecule has 11 aromatic carbocycles. The van der Waals surface area contributed by atoms with E-state index < -0.39 is 0 Å². The van der Waals surface area contributed by atoms with E-state index in [1.165, 1.54) is 82.3 Å². The van der Waals surface area contributed by atoms with Crippen molar-refractivity contribution in [1.82, 2.24) is 4.57 Å². The quantitative estimate of drug-likeness (QED) is 0.148. The number of rotatable bonds is 8. The Morgan fingerprint density at radius 2 is 0.797 bits per heavy atom. The molecular weight excluding hydrogens is 773 g/mol. The molecule has 0 fully saturated rings. The molecule has 2 nitrogen and oxygen atoms in total. The molecule has 64 heavy (non-hydrogen) atoms. The van der Waals surface area contributed by atoms with Crippen molar-refractivity contribution in [3.05, 3.63) is 255 Å². The first kappa shape index (κ1) is 37.3. The van der Waals surface area contributed by atoms with E-state index in [1.54, 1.807) is 0 Å². The number of fused-ring (bicyclic) bond motifs is 5. The standard InChI is InChI=1S/C62H42N2/c1-2-17-46(18-3-1)59-42-52(38-39-55(59)56-25-8-11-29-60(56)64-61-30-12-9-26-57(61)58-27-10-13-31-62(58)64)63(51-37-34-43-16-4-5-20-48(43)41-51)50-35-32-44(33-36-50)47-22-14-23-49(40-47)54-28-15-21-45-19-6-7-24-53(45)54/h1-42H. The molecule has 0 bridgehead atoms. The molecule has 0 N–H and O–H groups in total. The molecule has 0 aliphatic heterocycles. The molecule has 12 rings (SSSR count). The van der Waals surface area contributed by atoms with Crippen molar-refractivity contribution in [2.45, 2.75) is 0 Å². The number of nitrogens with zero attached hydrogens (tertiary/aromatic N) is 2. The van der Waals surface area contributed by atoms with Crippen LogP contribution in [0.25, 0.3) is 93.5 Å². The van der Waals surface area contributed by atoms with Gasteiger partial charge in [-0.25, -0.2) is 0 Å². The van der Waals surface area contributed by atoms with Crippen LogP contribution in [-0.4, -0.2) is 4.57 Å². The van der Waals surface area contributed by atoms with Crippen LogP contribution in [0.2, 0.25) is 0 Å². The van der Waals surface area contributed by atoms with Gasteiger partial charge in [0.1, 0.15) is 0 Å². The number of benzene rings is 11. The van der Waals surface area contributed by atoms with Gasteiger partial charge in [0.15, 0.2) is 0 Å². The number of aromatic nitrogens is 1. The van der Waals surface area contributed by atoms with Crippen LogP contribution >= 0.6 is 0 Å². The lowest BCUT2D eigenvalue weighted by atomic mass is 9.92. The van der Waals surface area contributed by atoms with Crippen LogP contribution in [0.1, 0.15) is 0 Å². The van der Waals surface area contributed by atoms with Crippen LogP contribution in [0.3, 0.4) is 0 Å². The number of anilines is 3. The summed E-state index contributed by atoms with van der Waals surface area (Å²) < 4.78 is 2.43. The van der Waals surface area contributed by atoms with E-state index >= 15 is 0 Å². The van der Waals surface area contributed by atoms with Crippen LogP contribution in [0.5, 0.6) is 0 Å². The van der Waals surface area contributed by atoms with Gasteiger partial charge in [-0.2, -0.15) is 0 Å². The molecule has 0 saturated carbocycles. The highest BCUT2D eigenvalue weighted by atomic mass is 15.1. The van der Waals surface area contributed by atoms with E-state index in [9.17, 15) is 0 Å². The Morgan fingerprint density at radius 3 is 1.59 bits per heavy atom. The Hall–Kier alpha value is -8.46. The normalized spacial score (nSPS) is 11.4. The van der Waals surface area contributed by atoms with Crippen molar-refractivity contribution in [3.8, 4) is 50.2 Å². The summed E-state index contributed by atoms with van der Waals surface area (Å²) in [6.45, 7) is 0. The average molecular weight is 815 g/mol. The molecule has 0 aliphatic rings. The predicted molar refractivity (Wildman–Crippen MR) is 272 cm³/mol. The van der Waals surface area contributed by atoms with E-state index in [-0.39, 0.29) is 0 Å². The molecule has 2 heteroatoms. The fourth-order valence-electron chi connectivity index (χ4n) is 9.75. The SMILES string of the molecule is c1ccc(-c2cc(N(c3ccc(-c4cccc(-c5cccc6ccccc56)c4)cc3)c3ccc4ccccc4c3)ccc2-c2ccccc2-n2c3ccccc3c3ccccc32)cc1. The second-order valence-corrected chi connectivity index (χ2v) is 16.5. The first-order valence-corrected chi connectivity index (χ1v) is 22.0. The van der Waals surface area contributed by atoms with E-state index in [2.05, 4.69) is 264 Å². The molecule has 1 aromatic heterocycles. The summed E-state index contributed by atoms with van der Waals surface area (Å²) in [5.41, 5.74) is 16.3. The molecule has 300 valence electrons. The highest BCUT2D eigenvalue weighted by Crippen LogP contribution is 2.44. The lowest BCUT2D eigenvalue weighted by Crippen LogP contribution is -2.10. The minimum absolute atomic E-state index is 1.08. The van der Waals surface area contributed by atoms with Gasteiger partial charge < -0.3 is 9.47 Å². The Kier molecular flexibility index (Phi) is 9.20. The molecule has 0 amide bonds. The predicted octanol–water partition coefficient (Wildman–Crippen LogP) is 17.2. The zero-order chi connectivity index (χ0) is 42.4. The molecule has 0 aliphatic carbocycles. The summed E-state index contributed by atoms with van der Waals surface area (Å²) in [5, 5.41) is 7.43. The topological polar surface area (TPSA) is 8.17 Å². The lowest BCUT2D eigenvalue weighted by Gasteiger charge is -2.27. The highest BCUT2D eigenvalue weighted by molar-refractivity contribution is 6.10. The van der Waals surface area contributed by atoms with E-state index in [0.29, 0.717) is 0 Å². The second kappa shape index (κ2) is 15.8. The van der Waals surface area contributed by atoms with Gasteiger partial charge in [0.25, 0.3) is 0 Å².